The molecule has 0 bridgehead atoms. The van der Waals surface area contributed by atoms with Crippen LogP contribution in [0.1, 0.15) is 12.8 Å². The summed E-state index contributed by atoms with van der Waals surface area (Å²) in [5.74, 6) is 0. The molecular formula is C16H15N3O3S2. The average molecular weight is 361 g/mol. The summed E-state index contributed by atoms with van der Waals surface area (Å²) in [6, 6.07) is 7.49. The number of pyridine rings is 1. The van der Waals surface area contributed by atoms with E-state index >= 15 is 0 Å². The molecule has 0 amide bonds. The number of hydrogen-bond donors (Lipinski definition) is 1. The summed E-state index contributed by atoms with van der Waals surface area (Å²) >= 11 is 1.19. The first-order chi connectivity index (χ1) is 11.4. The lowest BCUT2D eigenvalue weighted by molar-refractivity contribution is 0.600. The number of aryl methyl sites for hydroxylation is 1. The fourth-order valence-electron chi connectivity index (χ4n) is 2.59. The highest BCUT2D eigenvalue weighted by molar-refractivity contribution is 7.93. The highest BCUT2D eigenvalue weighted by atomic mass is 32.2. The molecule has 8 heteroatoms. The molecule has 2 heterocycles. The van der Waals surface area contributed by atoms with Gasteiger partial charge in [-0.05, 0) is 36.6 Å². The Morgan fingerprint density at radius 2 is 2.00 bits per heavy atom. The highest BCUT2D eigenvalue weighted by Crippen LogP contribution is 2.31. The van der Waals surface area contributed by atoms with Crippen LogP contribution >= 0.6 is 11.3 Å². The largest absolute Gasteiger partial charge is 0.307 e. The summed E-state index contributed by atoms with van der Waals surface area (Å²) in [6.07, 6.45) is 4.61. The Morgan fingerprint density at radius 1 is 1.21 bits per heavy atom. The van der Waals surface area contributed by atoms with Gasteiger partial charge in [0.1, 0.15) is 0 Å². The molecule has 0 saturated heterocycles. The molecule has 0 unspecified atom stereocenters. The third-order valence-corrected chi connectivity index (χ3v) is 6.95. The molecule has 1 aliphatic carbocycles. The van der Waals surface area contributed by atoms with Gasteiger partial charge in [-0.1, -0.05) is 17.4 Å². The number of sulfonamides is 1. The van der Waals surface area contributed by atoms with Crippen molar-refractivity contribution in [1.29, 1.82) is 0 Å². The topological polar surface area (TPSA) is 81.1 Å². The van der Waals surface area contributed by atoms with Crippen LogP contribution in [0, 0.1) is 0 Å². The van der Waals surface area contributed by atoms with Crippen molar-refractivity contribution in [2.75, 3.05) is 4.72 Å². The smallest absolute Gasteiger partial charge is 0.302 e. The van der Waals surface area contributed by atoms with Crippen LogP contribution in [0.15, 0.2) is 41.5 Å². The molecule has 1 aromatic carbocycles. The van der Waals surface area contributed by atoms with E-state index in [0.29, 0.717) is 18.5 Å². The Kier molecular flexibility index (Phi) is 3.47. The van der Waals surface area contributed by atoms with Crippen LogP contribution in [0.25, 0.3) is 21.3 Å². The minimum atomic E-state index is -3.31. The normalized spacial score (nSPS) is 14.9. The first-order valence-corrected chi connectivity index (χ1v) is 9.87. The van der Waals surface area contributed by atoms with E-state index in [1.165, 1.54) is 17.5 Å². The van der Waals surface area contributed by atoms with E-state index in [9.17, 15) is 13.2 Å². The van der Waals surface area contributed by atoms with E-state index in [4.69, 9.17) is 0 Å². The molecular weight excluding hydrogens is 346 g/mol. The minimum Gasteiger partial charge on any atom is -0.302 e. The lowest BCUT2D eigenvalue weighted by atomic mass is 10.1. The maximum atomic E-state index is 12.1. The average Bonchev–Trinajstić information content (AvgIpc) is 3.36. The standard InChI is InChI=1S/C16H15N3O3S2/c1-19-14-5-2-10(7-15(14)23-16(19)20)11-6-12(9-17-8-11)18-24(21,22)13-3-4-13/h2,5-9,13,18H,3-4H2,1H3. The second-order valence-corrected chi connectivity index (χ2v) is 8.87. The number of fused-ring (bicyclic) bond motifs is 1. The lowest BCUT2D eigenvalue weighted by Gasteiger charge is -2.08. The Balaban J connectivity index is 1.71. The Morgan fingerprint density at radius 3 is 2.75 bits per heavy atom. The molecule has 0 aliphatic heterocycles. The van der Waals surface area contributed by atoms with Crippen LogP contribution in [0.2, 0.25) is 0 Å². The van der Waals surface area contributed by atoms with E-state index < -0.39 is 10.0 Å². The molecule has 24 heavy (non-hydrogen) atoms. The van der Waals surface area contributed by atoms with Gasteiger partial charge in [-0.3, -0.25) is 14.5 Å². The maximum Gasteiger partial charge on any atom is 0.307 e. The predicted molar refractivity (Wildman–Crippen MR) is 95.9 cm³/mol. The van der Waals surface area contributed by atoms with Gasteiger partial charge in [0, 0.05) is 18.8 Å². The number of nitrogens with one attached hydrogen (secondary N) is 1. The van der Waals surface area contributed by atoms with Crippen molar-refractivity contribution in [2.45, 2.75) is 18.1 Å². The van der Waals surface area contributed by atoms with Gasteiger partial charge in [0.25, 0.3) is 0 Å². The van der Waals surface area contributed by atoms with Gasteiger partial charge in [-0.25, -0.2) is 8.42 Å². The number of aromatic nitrogens is 2. The molecule has 3 aromatic rings. The molecule has 1 aliphatic rings. The molecule has 124 valence electrons. The molecule has 6 nitrogen and oxygen atoms in total. The van der Waals surface area contributed by atoms with Crippen molar-refractivity contribution in [3.8, 4) is 11.1 Å². The molecule has 0 spiro atoms. The first-order valence-electron chi connectivity index (χ1n) is 7.51. The number of hydrogen-bond acceptors (Lipinski definition) is 5. The SMILES string of the molecule is Cn1c(=O)sc2cc(-c3cncc(NS(=O)(=O)C4CC4)c3)ccc21. The molecule has 1 saturated carbocycles. The quantitative estimate of drug-likeness (QED) is 0.774. The number of rotatable bonds is 4. The van der Waals surface area contributed by atoms with E-state index in [1.807, 2.05) is 18.2 Å². The summed E-state index contributed by atoms with van der Waals surface area (Å²) in [5.41, 5.74) is 3.04. The Labute approximate surface area is 142 Å². The monoisotopic (exact) mass is 361 g/mol. The van der Waals surface area contributed by atoms with Crippen molar-refractivity contribution in [1.82, 2.24) is 9.55 Å². The van der Waals surface area contributed by atoms with E-state index in [2.05, 4.69) is 9.71 Å². The van der Waals surface area contributed by atoms with Crippen molar-refractivity contribution in [3.05, 3.63) is 46.3 Å². The summed E-state index contributed by atoms with van der Waals surface area (Å²) in [4.78, 5) is 15.9. The third-order valence-electron chi connectivity index (χ3n) is 4.09. The van der Waals surface area contributed by atoms with Crippen LogP contribution in [-0.2, 0) is 17.1 Å². The number of thiazole rings is 1. The van der Waals surface area contributed by atoms with Gasteiger partial charge in [0.2, 0.25) is 10.0 Å². The summed E-state index contributed by atoms with van der Waals surface area (Å²) < 4.78 is 29.2. The van der Waals surface area contributed by atoms with Crippen molar-refractivity contribution >= 4 is 37.3 Å². The third kappa shape index (κ3) is 2.71. The van der Waals surface area contributed by atoms with Gasteiger partial charge in [-0.2, -0.15) is 0 Å². The lowest BCUT2D eigenvalue weighted by Crippen LogP contribution is -2.17. The molecule has 0 atom stereocenters. The van der Waals surface area contributed by atoms with Crippen molar-refractivity contribution in [2.24, 2.45) is 7.05 Å². The van der Waals surface area contributed by atoms with Gasteiger partial charge in [0.05, 0.1) is 27.4 Å². The second kappa shape index (κ2) is 5.42. The van der Waals surface area contributed by atoms with Crippen LogP contribution in [-0.4, -0.2) is 23.2 Å². The highest BCUT2D eigenvalue weighted by Gasteiger charge is 2.35. The Bertz CT molecular complexity index is 1100. The summed E-state index contributed by atoms with van der Waals surface area (Å²) in [7, 11) is -1.56. The maximum absolute atomic E-state index is 12.1. The second-order valence-electron chi connectivity index (χ2n) is 5.92. The number of anilines is 1. The molecule has 0 radical (unpaired) electrons. The molecule has 2 aromatic heterocycles. The zero-order chi connectivity index (χ0) is 16.9. The van der Waals surface area contributed by atoms with E-state index in [0.717, 1.165) is 21.3 Å². The Hall–Kier alpha value is -2.19. The van der Waals surface area contributed by atoms with Crippen LogP contribution in [0.4, 0.5) is 5.69 Å². The summed E-state index contributed by atoms with van der Waals surface area (Å²) in [5, 5.41) is -0.279. The molecule has 4 rings (SSSR count). The van der Waals surface area contributed by atoms with Crippen LogP contribution in [0.5, 0.6) is 0 Å². The number of nitrogens with zero attached hydrogens (tertiary/aromatic N) is 2. The van der Waals surface area contributed by atoms with Crippen molar-refractivity contribution < 1.29 is 8.42 Å². The van der Waals surface area contributed by atoms with Gasteiger partial charge < -0.3 is 4.57 Å². The van der Waals surface area contributed by atoms with Crippen LogP contribution in [0.3, 0.4) is 0 Å². The molecule has 1 N–H and O–H groups in total. The van der Waals surface area contributed by atoms with E-state index in [1.54, 1.807) is 23.9 Å². The predicted octanol–water partition coefficient (Wildman–Crippen LogP) is 2.57. The zero-order valence-corrected chi connectivity index (χ0v) is 14.5. The minimum absolute atomic E-state index is 0.00813. The zero-order valence-electron chi connectivity index (χ0n) is 12.9. The van der Waals surface area contributed by atoms with E-state index in [-0.39, 0.29) is 10.1 Å². The van der Waals surface area contributed by atoms with Gasteiger partial charge >= 0.3 is 4.87 Å². The van der Waals surface area contributed by atoms with Gasteiger partial charge in [-0.15, -0.1) is 0 Å². The van der Waals surface area contributed by atoms with Crippen LogP contribution < -0.4 is 9.60 Å². The first kappa shape index (κ1) is 15.3. The summed E-state index contributed by atoms with van der Waals surface area (Å²) in [6.45, 7) is 0. The fourth-order valence-corrected chi connectivity index (χ4v) is 4.88. The fraction of sp³-hybridized carbons (Fsp3) is 0.250. The molecule has 1 fully saturated rings. The van der Waals surface area contributed by atoms with Gasteiger partial charge in [0.15, 0.2) is 0 Å². The number of benzene rings is 1. The van der Waals surface area contributed by atoms with Crippen molar-refractivity contribution in [3.63, 3.8) is 0 Å².